The Hall–Kier alpha value is -1.48. The molecule has 1 amide bonds. The van der Waals surface area contributed by atoms with Gasteiger partial charge in [-0.05, 0) is 37.3 Å². The molecule has 0 aliphatic heterocycles. The molecular weight excluding hydrogens is 375 g/mol. The van der Waals surface area contributed by atoms with E-state index in [4.69, 9.17) is 32.3 Å². The monoisotopic (exact) mass is 388 g/mol. The Morgan fingerprint density at radius 3 is 2.62 bits per heavy atom. The molecule has 1 unspecified atom stereocenters. The van der Waals surface area contributed by atoms with E-state index in [1.54, 1.807) is 19.1 Å². The van der Waals surface area contributed by atoms with Gasteiger partial charge in [0.25, 0.3) is 5.91 Å². The minimum atomic E-state index is -0.818. The molecule has 0 spiro atoms. The van der Waals surface area contributed by atoms with Gasteiger partial charge in [0.05, 0.1) is 17.1 Å². The molecule has 9 heteroatoms. The Balaban J connectivity index is 1.68. The number of ether oxygens (including phenoxy) is 1. The maximum Gasteiger partial charge on any atom is 0.276 e. The van der Waals surface area contributed by atoms with Crippen LogP contribution in [0.1, 0.15) is 6.92 Å². The maximum atomic E-state index is 11.8. The van der Waals surface area contributed by atoms with Crippen molar-refractivity contribution in [3.63, 3.8) is 0 Å². The lowest BCUT2D eigenvalue weighted by molar-refractivity contribution is -0.256. The highest BCUT2D eigenvalue weighted by Gasteiger charge is 2.16. The zero-order valence-corrected chi connectivity index (χ0v) is 14.8. The van der Waals surface area contributed by atoms with Gasteiger partial charge in [-0.1, -0.05) is 47.0 Å². The molecule has 0 aromatic heterocycles. The summed E-state index contributed by atoms with van der Waals surface area (Å²) in [5.74, 6) is -0.130. The minimum Gasteiger partial charge on any atom is -0.479 e. The van der Waals surface area contributed by atoms with Crippen LogP contribution in [-0.2, 0) is 14.1 Å². The van der Waals surface area contributed by atoms with Crippen molar-refractivity contribution in [2.24, 2.45) is 0 Å². The van der Waals surface area contributed by atoms with Crippen molar-refractivity contribution >= 4 is 41.2 Å². The predicted octanol–water partition coefficient (Wildman–Crippen LogP) is 3.95. The highest BCUT2D eigenvalue weighted by Crippen LogP contribution is 2.28. The molecular formula is C15H14Cl2N2O4S. The fourth-order valence-electron chi connectivity index (χ4n) is 1.54. The number of carbonyl (C=O) groups excluding carboxylic acids is 1. The number of hydrogen-bond donors (Lipinski definition) is 2. The number of halogens is 2. The average molecular weight is 389 g/mol. The number of hydrazine groups is 1. The summed E-state index contributed by atoms with van der Waals surface area (Å²) < 4.78 is 10.3. The Morgan fingerprint density at radius 2 is 1.92 bits per heavy atom. The van der Waals surface area contributed by atoms with Gasteiger partial charge in [-0.3, -0.25) is 10.2 Å². The lowest BCUT2D eigenvalue weighted by Crippen LogP contribution is -2.44. The summed E-state index contributed by atoms with van der Waals surface area (Å²) >= 11 is 12.8. The van der Waals surface area contributed by atoms with Gasteiger partial charge in [0, 0.05) is 9.92 Å². The highest BCUT2D eigenvalue weighted by molar-refractivity contribution is 7.94. The van der Waals surface area contributed by atoms with Crippen LogP contribution in [0.3, 0.4) is 0 Å². The van der Waals surface area contributed by atoms with Gasteiger partial charge in [0.15, 0.2) is 6.10 Å². The van der Waals surface area contributed by atoms with Crippen molar-refractivity contribution in [3.05, 3.63) is 58.6 Å². The van der Waals surface area contributed by atoms with Crippen LogP contribution in [0.5, 0.6) is 5.75 Å². The second-order valence-electron chi connectivity index (χ2n) is 4.47. The largest absolute Gasteiger partial charge is 0.479 e. The van der Waals surface area contributed by atoms with Crippen molar-refractivity contribution < 1.29 is 18.9 Å². The summed E-state index contributed by atoms with van der Waals surface area (Å²) in [5.41, 5.74) is 4.45. The van der Waals surface area contributed by atoms with E-state index in [2.05, 4.69) is 16.0 Å². The van der Waals surface area contributed by atoms with Gasteiger partial charge in [-0.15, -0.1) is 9.32 Å². The Kier molecular flexibility index (Phi) is 7.64. The van der Waals surface area contributed by atoms with Crippen LogP contribution < -0.4 is 15.8 Å². The summed E-state index contributed by atoms with van der Waals surface area (Å²) in [4.78, 5) is 17.3. The van der Waals surface area contributed by atoms with Crippen LogP contribution in [0.4, 0.5) is 0 Å². The average Bonchev–Trinajstić information content (AvgIpc) is 2.57. The third kappa shape index (κ3) is 6.20. The summed E-state index contributed by atoms with van der Waals surface area (Å²) in [6, 6.07) is 14.0. The lowest BCUT2D eigenvalue weighted by atomic mass is 10.3. The summed E-state index contributed by atoms with van der Waals surface area (Å²) in [7, 11) is 0. The Bertz CT molecular complexity index is 676. The summed E-state index contributed by atoms with van der Waals surface area (Å²) in [6.45, 7) is 1.56. The van der Waals surface area contributed by atoms with Crippen LogP contribution in [0.15, 0.2) is 53.4 Å². The van der Waals surface area contributed by atoms with Gasteiger partial charge in [-0.25, -0.2) is 0 Å². The van der Waals surface area contributed by atoms with Gasteiger partial charge < -0.3 is 4.74 Å². The molecule has 0 saturated heterocycles. The fraction of sp³-hybridized carbons (Fsp3) is 0.133. The molecule has 128 valence electrons. The molecule has 0 radical (unpaired) electrons. The zero-order valence-electron chi connectivity index (χ0n) is 12.5. The topological polar surface area (TPSA) is 68.8 Å². The predicted molar refractivity (Wildman–Crippen MR) is 92.3 cm³/mol. The van der Waals surface area contributed by atoms with E-state index < -0.39 is 12.0 Å². The van der Waals surface area contributed by atoms with Gasteiger partial charge in [0.1, 0.15) is 5.75 Å². The maximum absolute atomic E-state index is 11.8. The molecule has 2 N–H and O–H groups in total. The Labute approximate surface area is 153 Å². The normalized spacial score (nSPS) is 11.8. The van der Waals surface area contributed by atoms with Crippen LogP contribution in [0, 0.1) is 0 Å². The van der Waals surface area contributed by atoms with E-state index in [-0.39, 0.29) is 0 Å². The molecule has 0 saturated carbocycles. The fourth-order valence-corrected chi connectivity index (χ4v) is 2.40. The molecule has 0 heterocycles. The number of benzene rings is 2. The number of rotatable bonds is 8. The third-order valence-corrected chi connectivity index (χ3v) is 3.82. The molecule has 24 heavy (non-hydrogen) atoms. The summed E-state index contributed by atoms with van der Waals surface area (Å²) in [5, 5.41) is 0.793. The molecule has 0 fully saturated rings. The molecule has 2 aromatic rings. The third-order valence-electron chi connectivity index (χ3n) is 2.69. The highest BCUT2D eigenvalue weighted by atomic mass is 35.5. The smallest absolute Gasteiger partial charge is 0.276 e. The van der Waals surface area contributed by atoms with E-state index in [1.165, 1.54) is 6.07 Å². The van der Waals surface area contributed by atoms with E-state index >= 15 is 0 Å². The van der Waals surface area contributed by atoms with Crippen molar-refractivity contribution in [3.8, 4) is 5.75 Å². The standard InChI is InChI=1S/C15H14Cl2N2O4S/c1-10(21-14-8-7-11(16)9-13(14)17)15(20)18-19-22-23-24-12-5-3-2-4-6-12/h2-10,19H,1H3,(H,18,20). The molecule has 2 rings (SSSR count). The molecule has 2 aromatic carbocycles. The van der Waals surface area contributed by atoms with E-state index in [9.17, 15) is 4.79 Å². The number of carbonyl (C=O) groups is 1. The van der Waals surface area contributed by atoms with Gasteiger partial charge in [-0.2, -0.15) is 0 Å². The first-order valence-corrected chi connectivity index (χ1v) is 8.28. The van der Waals surface area contributed by atoms with E-state index in [0.29, 0.717) is 15.8 Å². The van der Waals surface area contributed by atoms with E-state index in [1.807, 2.05) is 30.3 Å². The molecule has 0 aliphatic carbocycles. The lowest BCUT2D eigenvalue weighted by Gasteiger charge is -2.15. The number of nitrogens with one attached hydrogen (secondary N) is 2. The quantitative estimate of drug-likeness (QED) is 0.308. The van der Waals surface area contributed by atoms with E-state index in [0.717, 1.165) is 16.9 Å². The van der Waals surface area contributed by atoms with Crippen LogP contribution in [0.25, 0.3) is 0 Å². The summed E-state index contributed by atoms with van der Waals surface area (Å²) in [6.07, 6.45) is -0.818. The first-order valence-electron chi connectivity index (χ1n) is 6.78. The molecule has 0 aliphatic rings. The molecule has 0 bridgehead atoms. The van der Waals surface area contributed by atoms with Crippen molar-refractivity contribution in [1.29, 1.82) is 0 Å². The zero-order chi connectivity index (χ0) is 17.4. The number of hydrogen-bond acceptors (Lipinski definition) is 6. The number of amides is 1. The van der Waals surface area contributed by atoms with Crippen molar-refractivity contribution in [1.82, 2.24) is 11.0 Å². The second-order valence-corrected chi connectivity index (χ2v) is 6.09. The van der Waals surface area contributed by atoms with Crippen molar-refractivity contribution in [2.75, 3.05) is 0 Å². The molecule has 6 nitrogen and oxygen atoms in total. The van der Waals surface area contributed by atoms with Crippen LogP contribution >= 0.6 is 35.2 Å². The van der Waals surface area contributed by atoms with Gasteiger partial charge in [0.2, 0.25) is 0 Å². The molecule has 1 atom stereocenters. The van der Waals surface area contributed by atoms with Crippen LogP contribution in [-0.4, -0.2) is 12.0 Å². The van der Waals surface area contributed by atoms with Gasteiger partial charge >= 0.3 is 0 Å². The van der Waals surface area contributed by atoms with Crippen LogP contribution in [0.2, 0.25) is 10.0 Å². The second kappa shape index (κ2) is 9.73. The van der Waals surface area contributed by atoms with Crippen molar-refractivity contribution in [2.45, 2.75) is 17.9 Å². The minimum absolute atomic E-state index is 0.314. The first kappa shape index (κ1) is 18.9. The first-order chi connectivity index (χ1) is 11.6. The SMILES string of the molecule is CC(Oc1ccc(Cl)cc1Cl)C(=O)NNOOSc1ccccc1. The Morgan fingerprint density at radius 1 is 1.17 bits per heavy atom.